The van der Waals surface area contributed by atoms with Crippen molar-refractivity contribution in [2.75, 3.05) is 18.1 Å². The number of β-lactam (4-membered cyclic amide) rings is 1. The van der Waals surface area contributed by atoms with Gasteiger partial charge >= 0.3 is 12.1 Å². The van der Waals surface area contributed by atoms with Crippen LogP contribution in [0.5, 0.6) is 0 Å². The van der Waals surface area contributed by atoms with Crippen LogP contribution in [0.2, 0.25) is 0 Å². The lowest BCUT2D eigenvalue weighted by Crippen LogP contribution is -2.71. The highest BCUT2D eigenvalue weighted by Gasteiger charge is 2.54. The number of aromatic nitrogens is 2. The second kappa shape index (κ2) is 12.6. The third-order valence-electron chi connectivity index (χ3n) is 5.52. The Labute approximate surface area is 235 Å². The molecule has 0 radical (unpaired) electrons. The third-order valence-corrected chi connectivity index (χ3v) is 7.49. The molecule has 0 aliphatic carbocycles. The van der Waals surface area contributed by atoms with E-state index in [4.69, 9.17) is 19.9 Å². The quantitative estimate of drug-likeness (QED) is 0.0960. The van der Waals surface area contributed by atoms with Crippen molar-refractivity contribution >= 4 is 64.0 Å². The van der Waals surface area contributed by atoms with E-state index in [1.807, 2.05) is 6.07 Å². The number of carbonyl (C=O) groups excluding carboxylic acids is 4. The Morgan fingerprint density at radius 1 is 1.35 bits per heavy atom. The molecule has 3 atom stereocenters. The van der Waals surface area contributed by atoms with Crippen molar-refractivity contribution in [1.29, 1.82) is 0 Å². The molecule has 4 N–H and O–H groups in total. The van der Waals surface area contributed by atoms with Gasteiger partial charge in [0.1, 0.15) is 22.8 Å². The topological polar surface area (TPSA) is 196 Å². The number of nitrogen functional groups attached to an aromatic ring is 1. The number of rotatable bonds is 9. The molecule has 0 aromatic carbocycles. The summed E-state index contributed by atoms with van der Waals surface area (Å²) in [6.45, 7) is 2.99. The number of nitrogens with two attached hydrogens (primary N) is 1. The summed E-state index contributed by atoms with van der Waals surface area (Å²) >= 11 is 2.35. The number of thiazole rings is 1. The Morgan fingerprint density at radius 2 is 2.15 bits per heavy atom. The molecule has 1 unspecified atom stereocenters. The van der Waals surface area contributed by atoms with Crippen LogP contribution in [-0.2, 0) is 28.6 Å². The first-order valence-corrected chi connectivity index (χ1v) is 13.7. The van der Waals surface area contributed by atoms with Crippen molar-refractivity contribution in [3.05, 3.63) is 58.5 Å². The number of hydrogen-bond acceptors (Lipinski definition) is 14. The zero-order valence-electron chi connectivity index (χ0n) is 21.2. The Balaban J connectivity index is 1.56. The van der Waals surface area contributed by atoms with Crippen LogP contribution in [0.1, 0.15) is 25.1 Å². The van der Waals surface area contributed by atoms with Crippen LogP contribution in [0, 0.1) is 0 Å². The van der Waals surface area contributed by atoms with E-state index in [2.05, 4.69) is 20.4 Å². The van der Waals surface area contributed by atoms with E-state index in [1.54, 1.807) is 37.5 Å². The van der Waals surface area contributed by atoms with Gasteiger partial charge in [0.15, 0.2) is 10.8 Å². The smallest absolute Gasteiger partial charge is 0.435 e. The average molecular weight is 589 g/mol. The zero-order chi connectivity index (χ0) is 28.8. The van der Waals surface area contributed by atoms with Crippen molar-refractivity contribution in [3.63, 3.8) is 0 Å². The first-order valence-electron chi connectivity index (χ1n) is 11.8. The molecule has 40 heavy (non-hydrogen) atoms. The number of allylic oxidation sites excluding steroid dienone is 1. The van der Waals surface area contributed by atoms with E-state index in [0.717, 1.165) is 16.9 Å². The molecule has 1 fully saturated rings. The van der Waals surface area contributed by atoms with Gasteiger partial charge in [-0.25, -0.2) is 14.6 Å². The largest absolute Gasteiger partial charge is 0.511 e. The van der Waals surface area contributed by atoms with Crippen LogP contribution in [0.15, 0.2) is 52.4 Å². The molecule has 16 heteroatoms. The molecule has 4 rings (SSSR count). The van der Waals surface area contributed by atoms with Gasteiger partial charge in [0.2, 0.25) is 6.29 Å². The first-order chi connectivity index (χ1) is 19.2. The fraction of sp³-hybridized carbons (Fsp3) is 0.292. The van der Waals surface area contributed by atoms with Gasteiger partial charge in [-0.05, 0) is 24.1 Å². The number of oxime groups is 1. The predicted octanol–water partition coefficient (Wildman–Crippen LogP) is 1.73. The van der Waals surface area contributed by atoms with Gasteiger partial charge in [0.25, 0.3) is 11.8 Å². The highest BCUT2D eigenvalue weighted by Crippen LogP contribution is 2.41. The first kappa shape index (κ1) is 28.6. The van der Waals surface area contributed by atoms with Gasteiger partial charge < -0.3 is 30.5 Å². The fourth-order valence-corrected chi connectivity index (χ4v) is 5.63. The van der Waals surface area contributed by atoms with Crippen LogP contribution >= 0.6 is 23.1 Å². The number of carbonyl (C=O) groups is 4. The lowest BCUT2D eigenvalue weighted by atomic mass is 10.0. The number of pyridine rings is 1. The second-order valence-electron chi connectivity index (χ2n) is 8.15. The van der Waals surface area contributed by atoms with Crippen molar-refractivity contribution in [2.45, 2.75) is 31.6 Å². The van der Waals surface area contributed by atoms with E-state index in [9.17, 15) is 24.4 Å². The number of ether oxygens (including phenoxy) is 3. The number of anilines is 1. The fourth-order valence-electron chi connectivity index (χ4n) is 3.77. The molecule has 2 aromatic rings. The standard InChI is InChI=1S/C24H24N6O8S2/c1-3-36-24(34)38-12(2)37-22(33)18-14(7-6-13-5-4-8-26-9-13)10-39-21-17(20(32)30(18)21)28-19(31)16(29-35)15-11-40-23(25)27-15/h4-9,11-12,17,21,35H,3,10H2,1-2H3,(H2,25,27)(H,28,31)/b7-6-,29-16?/t12?,17-,21-/m1/s1. The van der Waals surface area contributed by atoms with Crippen LogP contribution < -0.4 is 11.1 Å². The van der Waals surface area contributed by atoms with Gasteiger partial charge in [-0.1, -0.05) is 23.4 Å². The summed E-state index contributed by atoms with van der Waals surface area (Å²) in [5.74, 6) is -2.09. The van der Waals surface area contributed by atoms with Gasteiger partial charge in [0, 0.05) is 30.5 Å². The number of thioether (sulfide) groups is 1. The molecule has 2 aromatic heterocycles. The van der Waals surface area contributed by atoms with Crippen LogP contribution in [-0.4, -0.2) is 79.8 Å². The van der Waals surface area contributed by atoms with E-state index in [-0.39, 0.29) is 28.9 Å². The third kappa shape index (κ3) is 6.23. The number of nitrogens with one attached hydrogen (secondary N) is 1. The molecule has 2 aliphatic rings. The molecule has 0 bridgehead atoms. The lowest BCUT2D eigenvalue weighted by molar-refractivity contribution is -0.168. The normalized spacial score (nSPS) is 19.5. The Hall–Kier alpha value is -4.44. The average Bonchev–Trinajstić information content (AvgIpc) is 3.36. The summed E-state index contributed by atoms with van der Waals surface area (Å²) in [5, 5.41) is 15.8. The van der Waals surface area contributed by atoms with Gasteiger partial charge in [-0.2, -0.15) is 0 Å². The maximum atomic E-state index is 13.3. The molecule has 2 aliphatic heterocycles. The Bertz CT molecular complexity index is 1390. The lowest BCUT2D eigenvalue weighted by Gasteiger charge is -2.49. The van der Waals surface area contributed by atoms with Crippen LogP contribution in [0.25, 0.3) is 6.08 Å². The highest BCUT2D eigenvalue weighted by molar-refractivity contribution is 8.00. The highest BCUT2D eigenvalue weighted by atomic mass is 32.2. The van der Waals surface area contributed by atoms with E-state index < -0.39 is 47.4 Å². The van der Waals surface area contributed by atoms with E-state index >= 15 is 0 Å². The van der Waals surface area contributed by atoms with Crippen molar-refractivity contribution in [2.24, 2.45) is 5.16 Å². The summed E-state index contributed by atoms with van der Waals surface area (Å²) < 4.78 is 14.9. The molecule has 0 spiro atoms. The summed E-state index contributed by atoms with van der Waals surface area (Å²) in [6, 6.07) is 2.52. The molecular weight excluding hydrogens is 564 g/mol. The predicted molar refractivity (Wildman–Crippen MR) is 144 cm³/mol. The van der Waals surface area contributed by atoms with E-state index in [1.165, 1.54) is 29.0 Å². The van der Waals surface area contributed by atoms with Crippen LogP contribution in [0.4, 0.5) is 9.93 Å². The van der Waals surface area contributed by atoms with Gasteiger partial charge in [0.05, 0.1) is 6.61 Å². The molecular formula is C24H24N6O8S2. The molecule has 4 heterocycles. The second-order valence-corrected chi connectivity index (χ2v) is 10.1. The number of amides is 2. The summed E-state index contributed by atoms with van der Waals surface area (Å²) in [6.07, 6.45) is 4.31. The Kier molecular flexibility index (Phi) is 9.00. The number of nitrogens with zero attached hydrogens (tertiary/aromatic N) is 4. The Morgan fingerprint density at radius 3 is 2.80 bits per heavy atom. The van der Waals surface area contributed by atoms with Gasteiger partial charge in [-0.15, -0.1) is 23.1 Å². The summed E-state index contributed by atoms with van der Waals surface area (Å²) in [4.78, 5) is 60.1. The van der Waals surface area contributed by atoms with Crippen molar-refractivity contribution < 1.29 is 38.6 Å². The minimum absolute atomic E-state index is 0.0463. The zero-order valence-corrected chi connectivity index (χ0v) is 22.8. The minimum atomic E-state index is -1.31. The maximum absolute atomic E-state index is 13.3. The van der Waals surface area contributed by atoms with Gasteiger partial charge in [-0.3, -0.25) is 19.5 Å². The molecule has 2 amide bonds. The molecule has 1 saturated heterocycles. The molecule has 0 saturated carbocycles. The maximum Gasteiger partial charge on any atom is 0.511 e. The SMILES string of the molecule is CCOC(=O)OC(C)OC(=O)C1=C(/C=C\c2cccnc2)CS[C@@H]2[C@H](NC(=O)C(=NO)c3csc(N)n3)C(=O)N12. The number of fused-ring (bicyclic) bond motifs is 1. The minimum Gasteiger partial charge on any atom is -0.435 e. The van der Waals surface area contributed by atoms with Crippen molar-refractivity contribution in [1.82, 2.24) is 20.2 Å². The van der Waals surface area contributed by atoms with Crippen molar-refractivity contribution in [3.8, 4) is 0 Å². The van der Waals surface area contributed by atoms with E-state index in [0.29, 0.717) is 5.57 Å². The summed E-state index contributed by atoms with van der Waals surface area (Å²) in [7, 11) is 0. The monoisotopic (exact) mass is 588 g/mol. The number of hydrogen-bond donors (Lipinski definition) is 3. The van der Waals surface area contributed by atoms with Crippen LogP contribution in [0.3, 0.4) is 0 Å². The summed E-state index contributed by atoms with van der Waals surface area (Å²) in [5.41, 5.74) is 6.38. The molecule has 210 valence electrons. The number of esters is 1. The molecule has 14 nitrogen and oxygen atoms in total.